The van der Waals surface area contributed by atoms with Gasteiger partial charge in [0, 0.05) is 5.69 Å². The van der Waals surface area contributed by atoms with E-state index in [2.05, 4.69) is 10.8 Å². The summed E-state index contributed by atoms with van der Waals surface area (Å²) >= 11 is 6.21. The molecule has 2 aromatic carbocycles. The highest BCUT2D eigenvalue weighted by molar-refractivity contribution is 7.92. The van der Waals surface area contributed by atoms with E-state index in [9.17, 15) is 18.0 Å². The largest absolute Gasteiger partial charge is 0.497 e. The maximum absolute atomic E-state index is 13.2. The van der Waals surface area contributed by atoms with E-state index in [1.54, 1.807) is 24.3 Å². The Balaban J connectivity index is 1.47. The number of sulfonamides is 1. The number of allylic oxidation sites excluding steroid dienone is 2. The summed E-state index contributed by atoms with van der Waals surface area (Å²) in [6, 6.07) is 10.6. The lowest BCUT2D eigenvalue weighted by molar-refractivity contribution is -0.123. The number of fused-ring (bicyclic) bond motifs is 5. The van der Waals surface area contributed by atoms with Gasteiger partial charge in [-0.25, -0.2) is 13.3 Å². The molecule has 1 saturated carbocycles. The first-order valence-electron chi connectivity index (χ1n) is 10.2. The zero-order valence-corrected chi connectivity index (χ0v) is 19.0. The molecule has 0 radical (unpaired) electrons. The molecule has 7 nitrogen and oxygen atoms in total. The normalized spacial score (nSPS) is 26.3. The number of amides is 2. The molecule has 1 aliphatic heterocycles. The zero-order valence-electron chi connectivity index (χ0n) is 17.4. The molecule has 2 aromatic rings. The molecule has 2 fully saturated rings. The van der Waals surface area contributed by atoms with Crippen LogP contribution in [-0.4, -0.2) is 27.3 Å². The molecular weight excluding hydrogens is 452 g/mol. The summed E-state index contributed by atoms with van der Waals surface area (Å²) in [7, 11) is -2.55. The summed E-state index contributed by atoms with van der Waals surface area (Å²) in [5.74, 6) is -0.547. The summed E-state index contributed by atoms with van der Waals surface area (Å²) in [5, 5.41) is -0.00775. The first kappa shape index (κ1) is 21.0. The van der Waals surface area contributed by atoms with Gasteiger partial charge in [-0.15, -0.1) is 0 Å². The van der Waals surface area contributed by atoms with Gasteiger partial charge in [0.1, 0.15) is 10.6 Å². The maximum atomic E-state index is 13.2. The van der Waals surface area contributed by atoms with Gasteiger partial charge in [-0.05, 0) is 67.6 Å². The van der Waals surface area contributed by atoms with Crippen molar-refractivity contribution in [3.05, 3.63) is 59.1 Å². The standard InChI is InChI=1S/C23H21ClN2O5S/c1-12-9-13-10-17(12)21-20(13)22(27)26(23(21)28)15-5-8-18(24)19(11-15)32(29,30)25-14-3-6-16(31-2)7-4-14/h3-9,11,13,17,20-21,25H,10H2,1-2H3. The first-order valence-corrected chi connectivity index (χ1v) is 12.1. The van der Waals surface area contributed by atoms with Gasteiger partial charge in [-0.2, -0.15) is 0 Å². The smallest absolute Gasteiger partial charge is 0.263 e. The van der Waals surface area contributed by atoms with Gasteiger partial charge in [0.25, 0.3) is 10.0 Å². The molecule has 166 valence electrons. The molecular formula is C23H21ClN2O5S. The number of nitrogens with one attached hydrogen (secondary N) is 1. The molecule has 2 aliphatic carbocycles. The number of methoxy groups -OCH3 is 1. The number of hydrogen-bond donors (Lipinski definition) is 1. The van der Waals surface area contributed by atoms with Crippen molar-refractivity contribution < 1.29 is 22.7 Å². The zero-order chi connectivity index (χ0) is 22.8. The summed E-state index contributed by atoms with van der Waals surface area (Å²) in [6.45, 7) is 2.00. The fourth-order valence-corrected chi connectivity index (χ4v) is 6.81. The molecule has 4 unspecified atom stereocenters. The van der Waals surface area contributed by atoms with Crippen LogP contribution >= 0.6 is 11.6 Å². The van der Waals surface area contributed by atoms with E-state index in [1.165, 1.54) is 25.3 Å². The number of carbonyl (C=O) groups is 2. The van der Waals surface area contributed by atoms with E-state index < -0.39 is 10.0 Å². The number of rotatable bonds is 5. The van der Waals surface area contributed by atoms with Crippen LogP contribution in [0.1, 0.15) is 13.3 Å². The number of carbonyl (C=O) groups excluding carboxylic acids is 2. The third kappa shape index (κ3) is 3.12. The van der Waals surface area contributed by atoms with E-state index in [0.29, 0.717) is 11.4 Å². The highest BCUT2D eigenvalue weighted by Gasteiger charge is 2.61. The molecule has 9 heteroatoms. The third-order valence-electron chi connectivity index (χ3n) is 6.69. The lowest BCUT2D eigenvalue weighted by atomic mass is 9.82. The molecule has 5 rings (SSSR count). The Hall–Kier alpha value is -2.84. The second-order valence-electron chi connectivity index (χ2n) is 8.43. The van der Waals surface area contributed by atoms with Crippen molar-refractivity contribution in [2.45, 2.75) is 18.2 Å². The Labute approximate surface area is 191 Å². The molecule has 0 aromatic heterocycles. The van der Waals surface area contributed by atoms with Crippen molar-refractivity contribution in [1.29, 1.82) is 0 Å². The minimum Gasteiger partial charge on any atom is -0.497 e. The Kier molecular flexibility index (Phi) is 4.83. The molecule has 1 saturated heterocycles. The van der Waals surface area contributed by atoms with Crippen LogP contribution in [0.15, 0.2) is 59.0 Å². The predicted octanol–water partition coefficient (Wildman–Crippen LogP) is 3.85. The van der Waals surface area contributed by atoms with Crippen LogP contribution in [0.25, 0.3) is 0 Å². The van der Waals surface area contributed by atoms with Gasteiger partial charge in [-0.1, -0.05) is 23.3 Å². The van der Waals surface area contributed by atoms with Crippen molar-refractivity contribution in [2.75, 3.05) is 16.7 Å². The second-order valence-corrected chi connectivity index (χ2v) is 10.5. The van der Waals surface area contributed by atoms with Crippen LogP contribution in [0.4, 0.5) is 11.4 Å². The molecule has 3 aliphatic rings. The van der Waals surface area contributed by atoms with Crippen LogP contribution in [0.3, 0.4) is 0 Å². The number of imide groups is 1. The van der Waals surface area contributed by atoms with Crippen LogP contribution in [0.2, 0.25) is 5.02 Å². The van der Waals surface area contributed by atoms with Gasteiger partial charge in [0.05, 0.1) is 29.7 Å². The van der Waals surface area contributed by atoms with Crippen molar-refractivity contribution in [2.24, 2.45) is 23.7 Å². The van der Waals surface area contributed by atoms with Crippen LogP contribution < -0.4 is 14.4 Å². The summed E-state index contributed by atoms with van der Waals surface area (Å²) < 4.78 is 33.6. The average Bonchev–Trinajstić information content (AvgIpc) is 3.39. The third-order valence-corrected chi connectivity index (χ3v) is 8.55. The van der Waals surface area contributed by atoms with Crippen molar-refractivity contribution in [3.8, 4) is 5.75 Å². The predicted molar refractivity (Wildman–Crippen MR) is 120 cm³/mol. The molecule has 2 amide bonds. The van der Waals surface area contributed by atoms with Gasteiger partial charge in [0.2, 0.25) is 11.8 Å². The SMILES string of the molecule is COc1ccc(NS(=O)(=O)c2cc(N3C(=O)C4C5C=C(C)C(C5)C4C3=O)ccc2Cl)cc1. The van der Waals surface area contributed by atoms with E-state index in [1.807, 2.05) is 6.92 Å². The fourth-order valence-electron chi connectivity index (χ4n) is 5.24. The Bertz CT molecular complexity index is 1270. The van der Waals surface area contributed by atoms with Gasteiger partial charge < -0.3 is 4.74 Å². The Morgan fingerprint density at radius 1 is 1.06 bits per heavy atom. The Morgan fingerprint density at radius 3 is 2.44 bits per heavy atom. The lowest BCUT2D eigenvalue weighted by Gasteiger charge is -2.19. The molecule has 0 spiro atoms. The van der Waals surface area contributed by atoms with E-state index in [0.717, 1.165) is 16.9 Å². The quantitative estimate of drug-likeness (QED) is 0.527. The van der Waals surface area contributed by atoms with E-state index in [4.69, 9.17) is 16.3 Å². The van der Waals surface area contributed by atoms with Crippen LogP contribution in [-0.2, 0) is 19.6 Å². The molecule has 1 N–H and O–H groups in total. The minimum atomic E-state index is -4.07. The highest BCUT2D eigenvalue weighted by Crippen LogP contribution is 2.56. The number of hydrogen-bond acceptors (Lipinski definition) is 5. The van der Waals surface area contributed by atoms with Gasteiger partial charge in [0.15, 0.2) is 0 Å². The van der Waals surface area contributed by atoms with Gasteiger partial charge in [-0.3, -0.25) is 14.3 Å². The molecule has 4 atom stereocenters. The molecule has 2 bridgehead atoms. The summed E-state index contributed by atoms with van der Waals surface area (Å²) in [6.07, 6.45) is 2.93. The Morgan fingerprint density at radius 2 is 1.75 bits per heavy atom. The van der Waals surface area contributed by atoms with Crippen molar-refractivity contribution in [3.63, 3.8) is 0 Å². The first-order chi connectivity index (χ1) is 15.2. The number of benzene rings is 2. The molecule has 1 heterocycles. The number of halogens is 1. The topological polar surface area (TPSA) is 92.8 Å². The fraction of sp³-hybridized carbons (Fsp3) is 0.304. The maximum Gasteiger partial charge on any atom is 0.263 e. The average molecular weight is 473 g/mol. The monoisotopic (exact) mass is 472 g/mol. The number of anilines is 2. The number of ether oxygens (including phenoxy) is 1. The highest BCUT2D eigenvalue weighted by atomic mass is 35.5. The van der Waals surface area contributed by atoms with E-state index in [-0.39, 0.29) is 51.1 Å². The molecule has 32 heavy (non-hydrogen) atoms. The summed E-state index contributed by atoms with van der Waals surface area (Å²) in [5.41, 5.74) is 1.70. The van der Waals surface area contributed by atoms with E-state index >= 15 is 0 Å². The van der Waals surface area contributed by atoms with Crippen molar-refractivity contribution in [1.82, 2.24) is 0 Å². The van der Waals surface area contributed by atoms with Gasteiger partial charge >= 0.3 is 0 Å². The minimum absolute atomic E-state index is 0.00775. The summed E-state index contributed by atoms with van der Waals surface area (Å²) in [4.78, 5) is 27.3. The van der Waals surface area contributed by atoms with Crippen molar-refractivity contribution >= 4 is 44.8 Å². The number of nitrogens with zero attached hydrogens (tertiary/aromatic N) is 1. The van der Waals surface area contributed by atoms with Crippen LogP contribution in [0, 0.1) is 23.7 Å². The second kappa shape index (κ2) is 7.35. The van der Waals surface area contributed by atoms with Crippen LogP contribution in [0.5, 0.6) is 5.75 Å². The lowest BCUT2D eigenvalue weighted by Crippen LogP contribution is -2.33.